The molecule has 0 bridgehead atoms. The average molecular weight is 363 g/mol. The van der Waals surface area contributed by atoms with Gasteiger partial charge in [0.2, 0.25) is 0 Å². The first-order valence-corrected chi connectivity index (χ1v) is 8.13. The number of aromatic nitrogens is 1. The number of benzene rings is 1. The first-order chi connectivity index (χ1) is 12.0. The zero-order chi connectivity index (χ0) is 17.8. The molecule has 1 aliphatic heterocycles. The molecule has 0 spiro atoms. The summed E-state index contributed by atoms with van der Waals surface area (Å²) in [4.78, 5) is 32.2. The molecule has 1 aliphatic rings. The Hall–Kier alpha value is -2.67. The predicted molar refractivity (Wildman–Crippen MR) is 93.1 cm³/mol. The number of amides is 2. The lowest BCUT2D eigenvalue weighted by Gasteiger charge is -2.34. The van der Waals surface area contributed by atoms with E-state index in [1.54, 1.807) is 6.20 Å². The molecular formula is C17H16ClFN4O2. The van der Waals surface area contributed by atoms with Crippen molar-refractivity contribution in [1.82, 2.24) is 9.88 Å². The van der Waals surface area contributed by atoms with E-state index in [4.69, 9.17) is 11.6 Å². The second kappa shape index (κ2) is 7.48. The summed E-state index contributed by atoms with van der Waals surface area (Å²) in [5.74, 6) is -1.13. The quantitative estimate of drug-likeness (QED) is 0.831. The highest BCUT2D eigenvalue weighted by Crippen LogP contribution is 2.19. The van der Waals surface area contributed by atoms with Gasteiger partial charge in [0.25, 0.3) is 0 Å². The Morgan fingerprint density at radius 2 is 1.88 bits per heavy atom. The Morgan fingerprint density at radius 3 is 2.52 bits per heavy atom. The number of anilines is 2. The van der Waals surface area contributed by atoms with E-state index in [0.29, 0.717) is 26.2 Å². The molecule has 1 aromatic heterocycles. The fraction of sp³-hybridized carbons (Fsp3) is 0.235. The lowest BCUT2D eigenvalue weighted by atomic mass is 10.2. The van der Waals surface area contributed by atoms with Crippen LogP contribution >= 0.6 is 11.6 Å². The molecule has 2 heterocycles. The number of carbonyl (C=O) groups excluding carboxylic acids is 2. The monoisotopic (exact) mass is 362 g/mol. The van der Waals surface area contributed by atoms with E-state index >= 15 is 0 Å². The zero-order valence-corrected chi connectivity index (χ0v) is 14.0. The minimum absolute atomic E-state index is 0.116. The molecular weight excluding hydrogens is 347 g/mol. The average Bonchev–Trinajstić information content (AvgIpc) is 2.65. The molecule has 1 saturated heterocycles. The van der Waals surface area contributed by atoms with Gasteiger partial charge < -0.3 is 15.1 Å². The van der Waals surface area contributed by atoms with Gasteiger partial charge in [0.05, 0.1) is 5.02 Å². The molecule has 1 aromatic carbocycles. The molecule has 0 radical (unpaired) electrons. The molecule has 3 rings (SSSR count). The van der Waals surface area contributed by atoms with E-state index in [1.807, 2.05) is 18.2 Å². The summed E-state index contributed by atoms with van der Waals surface area (Å²) in [6.45, 7) is 2.04. The number of halogens is 2. The third-order valence-corrected chi connectivity index (χ3v) is 4.20. The van der Waals surface area contributed by atoms with Crippen molar-refractivity contribution in [2.75, 3.05) is 36.4 Å². The topological polar surface area (TPSA) is 65.5 Å². The molecule has 0 aliphatic carbocycles. The summed E-state index contributed by atoms with van der Waals surface area (Å²) >= 11 is 5.67. The maximum atomic E-state index is 13.1. The molecule has 6 nitrogen and oxygen atoms in total. The number of carbonyl (C=O) groups is 2. The second-order valence-corrected chi connectivity index (χ2v) is 5.96. The molecule has 0 unspecified atom stereocenters. The van der Waals surface area contributed by atoms with E-state index < -0.39 is 17.6 Å². The van der Waals surface area contributed by atoms with Gasteiger partial charge in [-0.15, -0.1) is 0 Å². The van der Waals surface area contributed by atoms with Gasteiger partial charge in [-0.1, -0.05) is 17.7 Å². The van der Waals surface area contributed by atoms with Gasteiger partial charge >= 0.3 is 11.8 Å². The SMILES string of the molecule is O=C(Nc1ccc(F)c(Cl)c1)C(=O)N1CCN(c2ccccn2)CC1. The number of nitrogens with zero attached hydrogens (tertiary/aromatic N) is 3. The molecule has 1 N–H and O–H groups in total. The molecule has 0 saturated carbocycles. The Morgan fingerprint density at radius 1 is 1.12 bits per heavy atom. The minimum Gasteiger partial charge on any atom is -0.353 e. The molecule has 25 heavy (non-hydrogen) atoms. The van der Waals surface area contributed by atoms with Crippen molar-refractivity contribution in [3.63, 3.8) is 0 Å². The van der Waals surface area contributed by atoms with Crippen LogP contribution in [0.3, 0.4) is 0 Å². The summed E-state index contributed by atoms with van der Waals surface area (Å²) in [6.07, 6.45) is 1.72. The first-order valence-electron chi connectivity index (χ1n) is 7.76. The number of nitrogens with one attached hydrogen (secondary N) is 1. The fourth-order valence-electron chi connectivity index (χ4n) is 2.58. The van der Waals surface area contributed by atoms with Crippen LogP contribution in [0.1, 0.15) is 0 Å². The van der Waals surface area contributed by atoms with Gasteiger partial charge in [-0.2, -0.15) is 0 Å². The van der Waals surface area contributed by atoms with Gasteiger partial charge in [0.15, 0.2) is 0 Å². The van der Waals surface area contributed by atoms with Gasteiger partial charge in [0.1, 0.15) is 11.6 Å². The second-order valence-electron chi connectivity index (χ2n) is 5.55. The normalized spacial score (nSPS) is 14.3. The molecule has 0 atom stereocenters. The van der Waals surface area contributed by atoms with Gasteiger partial charge in [-0.05, 0) is 30.3 Å². The predicted octanol–water partition coefficient (Wildman–Crippen LogP) is 2.16. The number of hydrogen-bond acceptors (Lipinski definition) is 4. The summed E-state index contributed by atoms with van der Waals surface area (Å²) in [5, 5.41) is 2.33. The summed E-state index contributed by atoms with van der Waals surface area (Å²) in [6, 6.07) is 9.40. The Labute approximate surface area is 149 Å². The van der Waals surface area contributed by atoms with Crippen LogP contribution < -0.4 is 10.2 Å². The van der Waals surface area contributed by atoms with Crippen LogP contribution in [0, 0.1) is 5.82 Å². The van der Waals surface area contributed by atoms with E-state index in [1.165, 1.54) is 17.0 Å². The van der Waals surface area contributed by atoms with Crippen LogP contribution in [-0.4, -0.2) is 47.9 Å². The fourth-order valence-corrected chi connectivity index (χ4v) is 2.76. The molecule has 2 amide bonds. The maximum absolute atomic E-state index is 13.1. The third kappa shape index (κ3) is 4.06. The lowest BCUT2D eigenvalue weighted by Crippen LogP contribution is -2.51. The van der Waals surface area contributed by atoms with Crippen LogP contribution in [-0.2, 0) is 9.59 Å². The third-order valence-electron chi connectivity index (χ3n) is 3.91. The van der Waals surface area contributed by atoms with Crippen LogP contribution in [0.25, 0.3) is 0 Å². The summed E-state index contributed by atoms with van der Waals surface area (Å²) < 4.78 is 13.1. The van der Waals surface area contributed by atoms with Crippen LogP contribution in [0.2, 0.25) is 5.02 Å². The van der Waals surface area contributed by atoms with Crippen molar-refractivity contribution in [2.24, 2.45) is 0 Å². The number of pyridine rings is 1. The van der Waals surface area contributed by atoms with Crippen molar-refractivity contribution >= 4 is 34.9 Å². The van der Waals surface area contributed by atoms with Crippen molar-refractivity contribution in [3.8, 4) is 0 Å². The molecule has 2 aromatic rings. The highest BCUT2D eigenvalue weighted by molar-refractivity contribution is 6.39. The van der Waals surface area contributed by atoms with E-state index in [0.717, 1.165) is 11.9 Å². The van der Waals surface area contributed by atoms with Crippen LogP contribution in [0.5, 0.6) is 0 Å². The highest BCUT2D eigenvalue weighted by Gasteiger charge is 2.26. The van der Waals surface area contributed by atoms with Gasteiger partial charge in [-0.3, -0.25) is 9.59 Å². The van der Waals surface area contributed by atoms with Gasteiger partial charge in [0, 0.05) is 38.1 Å². The first kappa shape index (κ1) is 17.2. The van der Waals surface area contributed by atoms with Crippen molar-refractivity contribution in [2.45, 2.75) is 0 Å². The largest absolute Gasteiger partial charge is 0.353 e. The molecule has 130 valence electrons. The summed E-state index contributed by atoms with van der Waals surface area (Å²) in [7, 11) is 0. The standard InChI is InChI=1S/C17H16ClFN4O2/c18-13-11-12(4-5-14(13)19)21-16(24)17(25)23-9-7-22(8-10-23)15-3-1-2-6-20-15/h1-6,11H,7-10H2,(H,21,24). The Bertz CT molecular complexity index is 779. The lowest BCUT2D eigenvalue weighted by molar-refractivity contribution is -0.143. The summed E-state index contributed by atoms with van der Waals surface area (Å²) in [5.41, 5.74) is 0.275. The van der Waals surface area contributed by atoms with Crippen molar-refractivity contribution < 1.29 is 14.0 Å². The van der Waals surface area contributed by atoms with Crippen molar-refractivity contribution in [3.05, 3.63) is 53.4 Å². The maximum Gasteiger partial charge on any atom is 0.313 e. The molecule has 1 fully saturated rings. The number of hydrogen-bond donors (Lipinski definition) is 1. The van der Waals surface area contributed by atoms with Crippen LogP contribution in [0.4, 0.5) is 15.9 Å². The van der Waals surface area contributed by atoms with E-state index in [9.17, 15) is 14.0 Å². The van der Waals surface area contributed by atoms with Gasteiger partial charge in [-0.25, -0.2) is 9.37 Å². The number of piperazine rings is 1. The van der Waals surface area contributed by atoms with E-state index in [-0.39, 0.29) is 10.7 Å². The number of rotatable bonds is 2. The van der Waals surface area contributed by atoms with Crippen LogP contribution in [0.15, 0.2) is 42.6 Å². The Kier molecular flexibility index (Phi) is 5.14. The Balaban J connectivity index is 1.56. The van der Waals surface area contributed by atoms with E-state index in [2.05, 4.69) is 15.2 Å². The molecule has 8 heteroatoms. The smallest absolute Gasteiger partial charge is 0.313 e. The minimum atomic E-state index is -0.769. The van der Waals surface area contributed by atoms with Crippen molar-refractivity contribution in [1.29, 1.82) is 0 Å². The zero-order valence-electron chi connectivity index (χ0n) is 13.3. The highest BCUT2D eigenvalue weighted by atomic mass is 35.5.